The number of rotatable bonds is 6. The molecule has 4 rings (SSSR count). The predicted octanol–water partition coefficient (Wildman–Crippen LogP) is 7.07. The van der Waals surface area contributed by atoms with Crippen molar-refractivity contribution < 1.29 is 4.74 Å². The van der Waals surface area contributed by atoms with Gasteiger partial charge in [-0.05, 0) is 73.6 Å². The number of hydrogen-bond acceptors (Lipinski definition) is 4. The SMILES string of the molecule is CCc1nc(-c2ccc(Cl)cc2Cl)c(CC)nc1NC1CCCc2cc(OC)ccc21. The van der Waals surface area contributed by atoms with Crippen LogP contribution in [0.2, 0.25) is 10.0 Å². The zero-order valence-electron chi connectivity index (χ0n) is 18.1. The number of aryl methyl sites for hydroxylation is 3. The van der Waals surface area contributed by atoms with Crippen LogP contribution in [0.15, 0.2) is 36.4 Å². The van der Waals surface area contributed by atoms with Gasteiger partial charge in [0.2, 0.25) is 0 Å². The van der Waals surface area contributed by atoms with Gasteiger partial charge in [0, 0.05) is 10.6 Å². The molecule has 0 amide bonds. The van der Waals surface area contributed by atoms with Crippen molar-refractivity contribution in [3.05, 3.63) is 69.0 Å². The number of fused-ring (bicyclic) bond motifs is 1. The molecule has 1 N–H and O–H groups in total. The van der Waals surface area contributed by atoms with Gasteiger partial charge < -0.3 is 10.1 Å². The molecule has 2 aromatic carbocycles. The van der Waals surface area contributed by atoms with Crippen LogP contribution < -0.4 is 10.1 Å². The van der Waals surface area contributed by atoms with Gasteiger partial charge in [0.05, 0.1) is 35.3 Å². The van der Waals surface area contributed by atoms with E-state index < -0.39 is 0 Å². The Kier molecular flexibility index (Phi) is 6.68. The van der Waals surface area contributed by atoms with E-state index in [1.165, 1.54) is 11.1 Å². The van der Waals surface area contributed by atoms with Crippen LogP contribution >= 0.6 is 23.2 Å². The zero-order valence-corrected chi connectivity index (χ0v) is 19.6. The smallest absolute Gasteiger partial charge is 0.148 e. The van der Waals surface area contributed by atoms with Gasteiger partial charge in [-0.1, -0.05) is 43.1 Å². The molecule has 1 heterocycles. The molecule has 0 saturated carbocycles. The molecule has 0 aliphatic heterocycles. The van der Waals surface area contributed by atoms with Gasteiger partial charge in [0.25, 0.3) is 0 Å². The molecule has 1 aliphatic rings. The first-order valence-corrected chi connectivity index (χ1v) is 11.6. The van der Waals surface area contributed by atoms with Crippen LogP contribution in [-0.2, 0) is 19.3 Å². The first-order chi connectivity index (χ1) is 15.0. The van der Waals surface area contributed by atoms with E-state index in [0.29, 0.717) is 10.0 Å². The van der Waals surface area contributed by atoms with Gasteiger partial charge >= 0.3 is 0 Å². The Morgan fingerprint density at radius 3 is 2.55 bits per heavy atom. The first-order valence-electron chi connectivity index (χ1n) is 10.8. The van der Waals surface area contributed by atoms with Crippen molar-refractivity contribution in [1.82, 2.24) is 9.97 Å². The van der Waals surface area contributed by atoms with Crippen molar-refractivity contribution in [2.75, 3.05) is 12.4 Å². The fraction of sp³-hybridized carbons (Fsp3) is 0.360. The van der Waals surface area contributed by atoms with Crippen molar-refractivity contribution in [3.8, 4) is 17.0 Å². The summed E-state index contributed by atoms with van der Waals surface area (Å²) in [5, 5.41) is 4.91. The summed E-state index contributed by atoms with van der Waals surface area (Å²) in [6.45, 7) is 4.20. The summed E-state index contributed by atoms with van der Waals surface area (Å²) in [5.74, 6) is 1.77. The number of methoxy groups -OCH3 is 1. The standard InChI is InChI=1S/C25H27Cl2N3O/c1-4-21-24(19-11-9-16(26)14-20(19)27)28-22(5-2)25(29-21)30-23-8-6-7-15-13-17(31-3)10-12-18(15)23/h9-14,23H,4-8H2,1-3H3,(H,29,30). The molecule has 0 spiro atoms. The largest absolute Gasteiger partial charge is 0.497 e. The van der Waals surface area contributed by atoms with Crippen LogP contribution in [-0.4, -0.2) is 17.1 Å². The molecule has 1 aliphatic carbocycles. The molecule has 1 aromatic heterocycles. The maximum atomic E-state index is 6.49. The van der Waals surface area contributed by atoms with Gasteiger partial charge in [-0.25, -0.2) is 9.97 Å². The van der Waals surface area contributed by atoms with Crippen molar-refractivity contribution >= 4 is 29.0 Å². The summed E-state index contributed by atoms with van der Waals surface area (Å²) in [4.78, 5) is 10.0. The lowest BCUT2D eigenvalue weighted by Gasteiger charge is -2.28. The van der Waals surface area contributed by atoms with E-state index in [-0.39, 0.29) is 6.04 Å². The van der Waals surface area contributed by atoms with Crippen LogP contribution in [0.25, 0.3) is 11.3 Å². The Hall–Kier alpha value is -2.30. The van der Waals surface area contributed by atoms with Crippen molar-refractivity contribution in [2.24, 2.45) is 0 Å². The molecular formula is C25H27Cl2N3O. The summed E-state index contributed by atoms with van der Waals surface area (Å²) < 4.78 is 5.41. The van der Waals surface area contributed by atoms with Gasteiger partial charge in [0.1, 0.15) is 11.6 Å². The van der Waals surface area contributed by atoms with Crippen molar-refractivity contribution in [1.29, 1.82) is 0 Å². The normalized spacial score (nSPS) is 15.5. The molecule has 0 fully saturated rings. The second kappa shape index (κ2) is 9.46. The van der Waals surface area contributed by atoms with Gasteiger partial charge in [0.15, 0.2) is 0 Å². The molecule has 6 heteroatoms. The monoisotopic (exact) mass is 455 g/mol. The Labute approximate surface area is 194 Å². The highest BCUT2D eigenvalue weighted by molar-refractivity contribution is 6.36. The Balaban J connectivity index is 1.72. The fourth-order valence-corrected chi connectivity index (χ4v) is 4.74. The quantitative estimate of drug-likeness (QED) is 0.431. The third kappa shape index (κ3) is 4.51. The average Bonchev–Trinajstić information content (AvgIpc) is 2.78. The maximum absolute atomic E-state index is 6.49. The average molecular weight is 456 g/mol. The lowest BCUT2D eigenvalue weighted by atomic mass is 9.87. The highest BCUT2D eigenvalue weighted by Crippen LogP contribution is 2.36. The number of nitrogens with one attached hydrogen (secondary N) is 1. The van der Waals surface area contributed by atoms with E-state index in [1.54, 1.807) is 13.2 Å². The Morgan fingerprint density at radius 2 is 1.84 bits per heavy atom. The molecular weight excluding hydrogens is 429 g/mol. The van der Waals surface area contributed by atoms with Crippen LogP contribution in [0, 0.1) is 0 Å². The summed E-state index contributed by atoms with van der Waals surface area (Å²) in [6.07, 6.45) is 4.81. The minimum Gasteiger partial charge on any atom is -0.497 e. The van der Waals surface area contributed by atoms with E-state index >= 15 is 0 Å². The highest BCUT2D eigenvalue weighted by Gasteiger charge is 2.23. The van der Waals surface area contributed by atoms with Gasteiger partial charge in [-0.2, -0.15) is 0 Å². The van der Waals surface area contributed by atoms with Crippen LogP contribution in [0.5, 0.6) is 5.75 Å². The predicted molar refractivity (Wildman–Crippen MR) is 129 cm³/mol. The van der Waals surface area contributed by atoms with Crippen molar-refractivity contribution in [3.63, 3.8) is 0 Å². The summed E-state index contributed by atoms with van der Waals surface area (Å²) >= 11 is 12.6. The maximum Gasteiger partial charge on any atom is 0.148 e. The third-order valence-electron chi connectivity index (χ3n) is 5.87. The molecule has 31 heavy (non-hydrogen) atoms. The molecule has 3 aromatic rings. The molecule has 0 saturated heterocycles. The highest BCUT2D eigenvalue weighted by atomic mass is 35.5. The molecule has 4 nitrogen and oxygen atoms in total. The number of ether oxygens (including phenoxy) is 1. The lowest BCUT2D eigenvalue weighted by Crippen LogP contribution is -2.20. The lowest BCUT2D eigenvalue weighted by molar-refractivity contribution is 0.413. The van der Waals surface area contributed by atoms with Crippen LogP contribution in [0.1, 0.15) is 55.2 Å². The minimum atomic E-state index is 0.212. The topological polar surface area (TPSA) is 47.0 Å². The number of aromatic nitrogens is 2. The second-order valence-electron chi connectivity index (χ2n) is 7.80. The zero-order chi connectivity index (χ0) is 22.0. The third-order valence-corrected chi connectivity index (χ3v) is 6.42. The first kappa shape index (κ1) is 21.9. The number of benzene rings is 2. The number of hydrogen-bond donors (Lipinski definition) is 1. The number of halogens is 2. The van der Waals surface area contributed by atoms with Crippen LogP contribution in [0.3, 0.4) is 0 Å². The molecule has 1 unspecified atom stereocenters. The minimum absolute atomic E-state index is 0.212. The molecule has 162 valence electrons. The summed E-state index contributed by atoms with van der Waals surface area (Å²) in [6, 6.07) is 12.1. The fourth-order valence-electron chi connectivity index (χ4n) is 4.24. The van der Waals surface area contributed by atoms with Crippen LogP contribution in [0.4, 0.5) is 5.82 Å². The van der Waals surface area contributed by atoms with Crippen molar-refractivity contribution in [2.45, 2.75) is 52.0 Å². The van der Waals surface area contributed by atoms with E-state index in [9.17, 15) is 0 Å². The molecule has 0 radical (unpaired) electrons. The van der Waals surface area contributed by atoms with E-state index in [0.717, 1.165) is 66.3 Å². The number of anilines is 1. The number of nitrogens with zero attached hydrogens (tertiary/aromatic N) is 2. The van der Waals surface area contributed by atoms with E-state index in [2.05, 4.69) is 31.3 Å². The van der Waals surface area contributed by atoms with E-state index in [4.69, 9.17) is 37.9 Å². The Morgan fingerprint density at radius 1 is 1.03 bits per heavy atom. The Bertz CT molecular complexity index is 1100. The van der Waals surface area contributed by atoms with E-state index in [1.807, 2.05) is 18.2 Å². The molecule has 0 bridgehead atoms. The molecule has 1 atom stereocenters. The van der Waals surface area contributed by atoms with Gasteiger partial charge in [-0.3, -0.25) is 0 Å². The van der Waals surface area contributed by atoms with Gasteiger partial charge in [-0.15, -0.1) is 0 Å². The summed E-state index contributed by atoms with van der Waals surface area (Å²) in [5.41, 5.74) is 6.23. The second-order valence-corrected chi connectivity index (χ2v) is 8.64. The summed E-state index contributed by atoms with van der Waals surface area (Å²) in [7, 11) is 1.71.